The van der Waals surface area contributed by atoms with Gasteiger partial charge in [-0.3, -0.25) is 9.69 Å². The first-order chi connectivity index (χ1) is 6.66. The monoisotopic (exact) mass is 257 g/mol. The Balaban J connectivity index is 2.23. The molecule has 0 bridgehead atoms. The minimum atomic E-state index is -0.590. The third kappa shape index (κ3) is 1.76. The van der Waals surface area contributed by atoms with Gasteiger partial charge in [0.2, 0.25) is 5.91 Å². The Morgan fingerprint density at radius 2 is 2.29 bits per heavy atom. The van der Waals surface area contributed by atoms with Crippen molar-refractivity contribution in [2.45, 2.75) is 12.5 Å². The molecule has 0 radical (unpaired) electrons. The van der Waals surface area contributed by atoms with E-state index < -0.39 is 6.10 Å². The molecular formula is C8H8BrN3O2. The molecule has 1 aliphatic heterocycles. The van der Waals surface area contributed by atoms with Crippen molar-refractivity contribution >= 4 is 27.7 Å². The van der Waals surface area contributed by atoms with Crippen molar-refractivity contribution in [1.82, 2.24) is 9.97 Å². The maximum absolute atomic E-state index is 11.4. The first-order valence-corrected chi connectivity index (χ1v) is 4.92. The molecule has 1 unspecified atom stereocenters. The molecule has 0 saturated carbocycles. The van der Waals surface area contributed by atoms with Crippen molar-refractivity contribution in [1.29, 1.82) is 0 Å². The molecule has 1 aliphatic rings. The number of hydrogen-bond donors (Lipinski definition) is 1. The van der Waals surface area contributed by atoms with Crippen LogP contribution in [0.3, 0.4) is 0 Å². The fourth-order valence-electron chi connectivity index (χ4n) is 1.36. The Kier molecular flexibility index (Phi) is 2.47. The third-order valence-electron chi connectivity index (χ3n) is 1.99. The van der Waals surface area contributed by atoms with Gasteiger partial charge in [-0.05, 0) is 15.9 Å². The molecule has 0 spiro atoms. The number of hydrogen-bond acceptors (Lipinski definition) is 4. The number of nitrogens with zero attached hydrogens (tertiary/aromatic N) is 3. The third-order valence-corrected chi connectivity index (χ3v) is 2.40. The van der Waals surface area contributed by atoms with Gasteiger partial charge in [0.05, 0.1) is 31.5 Å². The number of carbonyl (C=O) groups excluding carboxylic acids is 1. The Labute approximate surface area is 88.9 Å². The lowest BCUT2D eigenvalue weighted by atomic mass is 10.3. The van der Waals surface area contributed by atoms with Crippen molar-refractivity contribution in [3.05, 3.63) is 17.0 Å². The summed E-state index contributed by atoms with van der Waals surface area (Å²) in [5.74, 6) is 0.365. The van der Waals surface area contributed by atoms with Gasteiger partial charge in [0, 0.05) is 0 Å². The summed E-state index contributed by atoms with van der Waals surface area (Å²) in [4.78, 5) is 20.8. The van der Waals surface area contributed by atoms with E-state index in [0.717, 1.165) is 0 Å². The van der Waals surface area contributed by atoms with E-state index in [1.54, 1.807) is 0 Å². The number of aliphatic hydroxyl groups is 1. The first-order valence-electron chi connectivity index (χ1n) is 4.13. The van der Waals surface area contributed by atoms with Gasteiger partial charge in [0.1, 0.15) is 4.60 Å². The number of rotatable bonds is 1. The summed E-state index contributed by atoms with van der Waals surface area (Å²) in [7, 11) is 0. The predicted molar refractivity (Wildman–Crippen MR) is 52.7 cm³/mol. The zero-order chi connectivity index (χ0) is 10.1. The van der Waals surface area contributed by atoms with Crippen LogP contribution in [0.2, 0.25) is 0 Å². The Hall–Kier alpha value is -1.01. The highest BCUT2D eigenvalue weighted by molar-refractivity contribution is 9.10. The van der Waals surface area contributed by atoms with Crippen LogP contribution in [-0.2, 0) is 4.79 Å². The van der Waals surface area contributed by atoms with E-state index in [2.05, 4.69) is 25.9 Å². The van der Waals surface area contributed by atoms with Crippen LogP contribution in [-0.4, -0.2) is 33.6 Å². The highest BCUT2D eigenvalue weighted by Crippen LogP contribution is 2.18. The van der Waals surface area contributed by atoms with Crippen LogP contribution >= 0.6 is 15.9 Å². The predicted octanol–water partition coefficient (Wildman–Crippen LogP) is 0.337. The Morgan fingerprint density at radius 3 is 2.79 bits per heavy atom. The summed E-state index contributed by atoms with van der Waals surface area (Å²) >= 11 is 3.15. The van der Waals surface area contributed by atoms with Crippen LogP contribution in [0.4, 0.5) is 5.82 Å². The van der Waals surface area contributed by atoms with Crippen molar-refractivity contribution < 1.29 is 9.90 Å². The van der Waals surface area contributed by atoms with E-state index in [9.17, 15) is 9.90 Å². The molecule has 2 heterocycles. The van der Waals surface area contributed by atoms with Crippen molar-refractivity contribution in [3.8, 4) is 0 Å². The maximum atomic E-state index is 11.4. The molecule has 1 amide bonds. The lowest BCUT2D eigenvalue weighted by Gasteiger charge is -2.13. The van der Waals surface area contributed by atoms with Gasteiger partial charge in [-0.1, -0.05) is 0 Å². The lowest BCUT2D eigenvalue weighted by Crippen LogP contribution is -2.26. The average molecular weight is 258 g/mol. The van der Waals surface area contributed by atoms with E-state index in [1.807, 2.05) is 0 Å². The van der Waals surface area contributed by atoms with Crippen LogP contribution in [0.15, 0.2) is 17.0 Å². The summed E-state index contributed by atoms with van der Waals surface area (Å²) < 4.78 is 0.619. The molecule has 1 atom stereocenters. The molecule has 1 saturated heterocycles. The molecule has 0 aliphatic carbocycles. The number of β-amino-alcohol motifs (C(OH)–C–C–N with tert-alkyl or cyclic N) is 1. The average Bonchev–Trinajstić information content (AvgIpc) is 2.47. The van der Waals surface area contributed by atoms with Gasteiger partial charge in [0.15, 0.2) is 5.82 Å². The van der Waals surface area contributed by atoms with Gasteiger partial charge in [0.25, 0.3) is 0 Å². The minimum Gasteiger partial charge on any atom is -0.391 e. The Morgan fingerprint density at radius 1 is 1.50 bits per heavy atom. The van der Waals surface area contributed by atoms with Crippen LogP contribution in [0, 0.1) is 0 Å². The molecule has 1 aromatic heterocycles. The zero-order valence-electron chi connectivity index (χ0n) is 7.22. The highest BCUT2D eigenvalue weighted by atomic mass is 79.9. The molecule has 74 valence electrons. The summed E-state index contributed by atoms with van der Waals surface area (Å²) in [5.41, 5.74) is 0. The summed E-state index contributed by atoms with van der Waals surface area (Å²) in [6.07, 6.45) is 2.60. The highest BCUT2D eigenvalue weighted by Gasteiger charge is 2.29. The molecule has 1 aromatic rings. The topological polar surface area (TPSA) is 66.3 Å². The largest absolute Gasteiger partial charge is 0.391 e. The summed E-state index contributed by atoms with van der Waals surface area (Å²) in [6.45, 7) is 0.301. The summed E-state index contributed by atoms with van der Waals surface area (Å²) in [5, 5.41) is 9.27. The second-order valence-corrected chi connectivity index (χ2v) is 3.87. The van der Waals surface area contributed by atoms with Gasteiger partial charge < -0.3 is 5.11 Å². The van der Waals surface area contributed by atoms with E-state index in [-0.39, 0.29) is 12.3 Å². The fraction of sp³-hybridized carbons (Fsp3) is 0.375. The number of carbonyl (C=O) groups is 1. The van der Waals surface area contributed by atoms with Gasteiger partial charge in [-0.25, -0.2) is 9.97 Å². The molecule has 14 heavy (non-hydrogen) atoms. The van der Waals surface area contributed by atoms with Crippen molar-refractivity contribution in [2.24, 2.45) is 0 Å². The van der Waals surface area contributed by atoms with E-state index in [1.165, 1.54) is 17.3 Å². The van der Waals surface area contributed by atoms with E-state index >= 15 is 0 Å². The molecule has 1 fully saturated rings. The van der Waals surface area contributed by atoms with Crippen LogP contribution in [0.1, 0.15) is 6.42 Å². The number of amides is 1. The lowest BCUT2D eigenvalue weighted by molar-refractivity contribution is -0.117. The van der Waals surface area contributed by atoms with Gasteiger partial charge in [-0.15, -0.1) is 0 Å². The molecular weight excluding hydrogens is 250 g/mol. The zero-order valence-corrected chi connectivity index (χ0v) is 8.81. The molecule has 6 heteroatoms. The number of halogens is 1. The van der Waals surface area contributed by atoms with Crippen LogP contribution in [0.25, 0.3) is 0 Å². The first kappa shape index (κ1) is 9.54. The normalized spacial score (nSPS) is 21.7. The smallest absolute Gasteiger partial charge is 0.230 e. The maximum Gasteiger partial charge on any atom is 0.230 e. The number of aliphatic hydroxyl groups excluding tert-OH is 1. The molecule has 1 N–H and O–H groups in total. The fourth-order valence-corrected chi connectivity index (χ4v) is 1.56. The molecule has 2 rings (SSSR count). The minimum absolute atomic E-state index is 0.117. The van der Waals surface area contributed by atoms with E-state index in [4.69, 9.17) is 0 Å². The van der Waals surface area contributed by atoms with E-state index in [0.29, 0.717) is 17.0 Å². The van der Waals surface area contributed by atoms with Gasteiger partial charge in [-0.2, -0.15) is 0 Å². The molecule has 5 nitrogen and oxygen atoms in total. The van der Waals surface area contributed by atoms with Crippen LogP contribution < -0.4 is 4.90 Å². The van der Waals surface area contributed by atoms with Crippen LogP contribution in [0.5, 0.6) is 0 Å². The van der Waals surface area contributed by atoms with Crippen molar-refractivity contribution in [3.63, 3.8) is 0 Å². The number of anilines is 1. The SMILES string of the molecule is O=C1CC(O)CN1c1cnc(Br)cn1. The second-order valence-electron chi connectivity index (χ2n) is 3.06. The standard InChI is InChI=1S/C8H8BrN3O2/c9-6-2-11-7(3-10-6)12-4-5(13)1-8(12)14/h2-3,5,13H,1,4H2. The second kappa shape index (κ2) is 3.62. The quantitative estimate of drug-likeness (QED) is 0.788. The summed E-state index contributed by atoms with van der Waals surface area (Å²) in [6, 6.07) is 0. The molecule has 0 aromatic carbocycles. The van der Waals surface area contributed by atoms with Crippen molar-refractivity contribution in [2.75, 3.05) is 11.4 Å². The number of aromatic nitrogens is 2. The Bertz CT molecular complexity index is 354. The van der Waals surface area contributed by atoms with Gasteiger partial charge >= 0.3 is 0 Å².